The summed E-state index contributed by atoms with van der Waals surface area (Å²) in [5.41, 5.74) is 2.02. The van der Waals surface area contributed by atoms with Crippen molar-refractivity contribution in [2.24, 2.45) is 0 Å². The number of aromatic amines is 2. The number of fused-ring (bicyclic) bond motifs is 1. The standard InChI is InChI=1S/C14H21N3O/c1-4-17(10(2)3)8-6-11-9-16-14-13(11)12(18)5-7-15-14/h5,7,9-10H,4,6,8H2,1-3H3,(H2,15,16,18). The maximum Gasteiger partial charge on any atom is 0.191 e. The molecule has 18 heavy (non-hydrogen) atoms. The lowest BCUT2D eigenvalue weighted by molar-refractivity contribution is 0.237. The van der Waals surface area contributed by atoms with E-state index in [-0.39, 0.29) is 5.43 Å². The maximum absolute atomic E-state index is 11.9. The quantitative estimate of drug-likeness (QED) is 0.850. The van der Waals surface area contributed by atoms with Crippen molar-refractivity contribution in [3.8, 4) is 0 Å². The van der Waals surface area contributed by atoms with Crippen molar-refractivity contribution in [1.82, 2.24) is 14.9 Å². The molecule has 0 saturated carbocycles. The summed E-state index contributed by atoms with van der Waals surface area (Å²) in [4.78, 5) is 20.4. The smallest absolute Gasteiger partial charge is 0.191 e. The highest BCUT2D eigenvalue weighted by molar-refractivity contribution is 5.79. The molecule has 2 aromatic heterocycles. The summed E-state index contributed by atoms with van der Waals surface area (Å²) in [6.45, 7) is 8.59. The first-order valence-corrected chi connectivity index (χ1v) is 6.55. The summed E-state index contributed by atoms with van der Waals surface area (Å²) in [6, 6.07) is 2.12. The number of pyridine rings is 1. The average molecular weight is 247 g/mol. The number of hydrogen-bond acceptors (Lipinski definition) is 2. The normalized spacial score (nSPS) is 11.8. The molecule has 2 aromatic rings. The molecule has 0 spiro atoms. The van der Waals surface area contributed by atoms with Gasteiger partial charge in [0.2, 0.25) is 0 Å². The number of hydrogen-bond donors (Lipinski definition) is 2. The van der Waals surface area contributed by atoms with Crippen LogP contribution in [-0.2, 0) is 6.42 Å². The van der Waals surface area contributed by atoms with Crippen LogP contribution in [0.4, 0.5) is 0 Å². The molecule has 0 aliphatic heterocycles. The number of rotatable bonds is 5. The van der Waals surface area contributed by atoms with Gasteiger partial charge in [0.05, 0.1) is 5.39 Å². The van der Waals surface area contributed by atoms with Gasteiger partial charge in [-0.15, -0.1) is 0 Å². The van der Waals surface area contributed by atoms with Crippen molar-refractivity contribution in [3.05, 3.63) is 34.2 Å². The highest BCUT2D eigenvalue weighted by Crippen LogP contribution is 2.13. The van der Waals surface area contributed by atoms with Crippen LogP contribution in [0.5, 0.6) is 0 Å². The first-order valence-electron chi connectivity index (χ1n) is 6.55. The van der Waals surface area contributed by atoms with Gasteiger partial charge in [0, 0.05) is 31.0 Å². The van der Waals surface area contributed by atoms with Gasteiger partial charge >= 0.3 is 0 Å². The third-order valence-electron chi connectivity index (χ3n) is 3.48. The largest absolute Gasteiger partial charge is 0.347 e. The fourth-order valence-electron chi connectivity index (χ4n) is 2.39. The summed E-state index contributed by atoms with van der Waals surface area (Å²) in [6.07, 6.45) is 4.52. The molecule has 0 aromatic carbocycles. The van der Waals surface area contributed by atoms with Crippen LogP contribution in [0, 0.1) is 0 Å². The molecule has 0 amide bonds. The lowest BCUT2D eigenvalue weighted by atomic mass is 10.1. The van der Waals surface area contributed by atoms with Crippen LogP contribution < -0.4 is 5.43 Å². The van der Waals surface area contributed by atoms with Gasteiger partial charge in [-0.25, -0.2) is 0 Å². The molecule has 0 unspecified atom stereocenters. The summed E-state index contributed by atoms with van der Waals surface area (Å²) < 4.78 is 0. The van der Waals surface area contributed by atoms with Gasteiger partial charge < -0.3 is 14.9 Å². The van der Waals surface area contributed by atoms with Crippen LogP contribution in [0.25, 0.3) is 11.0 Å². The summed E-state index contributed by atoms with van der Waals surface area (Å²) in [7, 11) is 0. The Labute approximate surface area is 107 Å². The molecule has 98 valence electrons. The zero-order valence-corrected chi connectivity index (χ0v) is 11.3. The van der Waals surface area contributed by atoms with E-state index in [1.165, 1.54) is 0 Å². The van der Waals surface area contributed by atoms with Gasteiger partial charge in [-0.3, -0.25) is 4.79 Å². The monoisotopic (exact) mass is 247 g/mol. The van der Waals surface area contributed by atoms with Crippen LogP contribution in [0.3, 0.4) is 0 Å². The Bertz CT molecular complexity index is 568. The van der Waals surface area contributed by atoms with Gasteiger partial charge in [-0.05, 0) is 32.4 Å². The number of likely N-dealkylation sites (N-methyl/N-ethyl adjacent to an activating group) is 1. The van der Waals surface area contributed by atoms with Gasteiger partial charge in [0.15, 0.2) is 5.43 Å². The Balaban J connectivity index is 2.20. The highest BCUT2D eigenvalue weighted by Gasteiger charge is 2.10. The molecule has 0 aliphatic rings. The highest BCUT2D eigenvalue weighted by atomic mass is 16.1. The Morgan fingerprint density at radius 3 is 2.78 bits per heavy atom. The molecule has 2 heterocycles. The predicted octanol–water partition coefficient (Wildman–Crippen LogP) is 2.13. The number of aromatic nitrogens is 2. The van der Waals surface area contributed by atoms with E-state index < -0.39 is 0 Å². The van der Waals surface area contributed by atoms with E-state index in [0.717, 1.165) is 36.1 Å². The van der Waals surface area contributed by atoms with Gasteiger partial charge in [0.25, 0.3) is 0 Å². The topological polar surface area (TPSA) is 51.9 Å². The van der Waals surface area contributed by atoms with E-state index in [0.29, 0.717) is 6.04 Å². The molecule has 0 aliphatic carbocycles. The molecule has 4 heteroatoms. The van der Waals surface area contributed by atoms with Crippen molar-refractivity contribution in [2.45, 2.75) is 33.2 Å². The minimum absolute atomic E-state index is 0.0904. The maximum atomic E-state index is 11.9. The van der Waals surface area contributed by atoms with Crippen LogP contribution >= 0.6 is 0 Å². The van der Waals surface area contributed by atoms with Crippen molar-refractivity contribution in [2.75, 3.05) is 13.1 Å². The van der Waals surface area contributed by atoms with Crippen LogP contribution in [0.1, 0.15) is 26.3 Å². The second kappa shape index (κ2) is 5.40. The SMILES string of the molecule is CCN(CCc1c[nH]c2[nH]ccc(=O)c12)C(C)C. The van der Waals surface area contributed by atoms with E-state index in [4.69, 9.17) is 0 Å². The van der Waals surface area contributed by atoms with Gasteiger partial charge in [-0.2, -0.15) is 0 Å². The second-order valence-corrected chi connectivity index (χ2v) is 4.88. The first-order chi connectivity index (χ1) is 8.63. The lowest BCUT2D eigenvalue weighted by Crippen LogP contribution is -2.32. The Morgan fingerprint density at radius 2 is 2.11 bits per heavy atom. The molecular formula is C14H21N3O. The molecule has 2 N–H and O–H groups in total. The van der Waals surface area contributed by atoms with E-state index in [1.54, 1.807) is 12.3 Å². The van der Waals surface area contributed by atoms with Gasteiger partial charge in [-0.1, -0.05) is 6.92 Å². The molecular weight excluding hydrogens is 226 g/mol. The third kappa shape index (κ3) is 2.48. The van der Waals surface area contributed by atoms with Crippen molar-refractivity contribution in [1.29, 1.82) is 0 Å². The number of nitrogens with one attached hydrogen (secondary N) is 2. The fourth-order valence-corrected chi connectivity index (χ4v) is 2.39. The Morgan fingerprint density at radius 1 is 1.33 bits per heavy atom. The van der Waals surface area contributed by atoms with Crippen LogP contribution in [-0.4, -0.2) is 34.0 Å². The number of nitrogens with zero attached hydrogens (tertiary/aromatic N) is 1. The Hall–Kier alpha value is -1.55. The predicted molar refractivity (Wildman–Crippen MR) is 75.0 cm³/mol. The van der Waals surface area contributed by atoms with E-state index in [1.807, 2.05) is 6.20 Å². The number of H-pyrrole nitrogens is 2. The first kappa shape index (κ1) is 12.9. The average Bonchev–Trinajstić information content (AvgIpc) is 2.74. The van der Waals surface area contributed by atoms with Crippen molar-refractivity contribution in [3.63, 3.8) is 0 Å². The van der Waals surface area contributed by atoms with E-state index in [2.05, 4.69) is 35.6 Å². The van der Waals surface area contributed by atoms with E-state index in [9.17, 15) is 4.79 Å². The zero-order chi connectivity index (χ0) is 13.1. The molecule has 0 atom stereocenters. The molecule has 2 rings (SSSR count). The molecule has 0 saturated heterocycles. The second-order valence-electron chi connectivity index (χ2n) is 4.88. The molecule has 0 fully saturated rings. The fraction of sp³-hybridized carbons (Fsp3) is 0.500. The van der Waals surface area contributed by atoms with Crippen LogP contribution in [0.2, 0.25) is 0 Å². The van der Waals surface area contributed by atoms with Gasteiger partial charge in [0.1, 0.15) is 5.65 Å². The van der Waals surface area contributed by atoms with Crippen molar-refractivity contribution >= 4 is 11.0 Å². The minimum atomic E-state index is 0.0904. The summed E-state index contributed by atoms with van der Waals surface area (Å²) >= 11 is 0. The van der Waals surface area contributed by atoms with E-state index >= 15 is 0 Å². The summed E-state index contributed by atoms with van der Waals surface area (Å²) in [5.74, 6) is 0. The molecule has 0 radical (unpaired) electrons. The lowest BCUT2D eigenvalue weighted by Gasteiger charge is -2.24. The minimum Gasteiger partial charge on any atom is -0.347 e. The molecule has 0 bridgehead atoms. The molecule has 4 nitrogen and oxygen atoms in total. The Kier molecular flexibility index (Phi) is 3.87. The third-order valence-corrected chi connectivity index (χ3v) is 3.48. The van der Waals surface area contributed by atoms with Crippen LogP contribution in [0.15, 0.2) is 23.3 Å². The van der Waals surface area contributed by atoms with Crippen molar-refractivity contribution < 1.29 is 0 Å². The zero-order valence-electron chi connectivity index (χ0n) is 11.3. The summed E-state index contributed by atoms with van der Waals surface area (Å²) in [5, 5.41) is 0.803.